The molecule has 8 heteroatoms. The molecule has 0 saturated heterocycles. The highest BCUT2D eigenvalue weighted by molar-refractivity contribution is 8.00. The van der Waals surface area contributed by atoms with Crippen molar-refractivity contribution < 1.29 is 14.5 Å². The predicted octanol–water partition coefficient (Wildman–Crippen LogP) is 2.14. The summed E-state index contributed by atoms with van der Waals surface area (Å²) in [7, 11) is 0. The first-order chi connectivity index (χ1) is 12.0. The second-order valence-corrected chi connectivity index (χ2v) is 6.20. The number of nitrogens with two attached hydrogens (primary N) is 1. The average molecular weight is 359 g/mol. The first kappa shape index (κ1) is 18.5. The van der Waals surface area contributed by atoms with Crippen molar-refractivity contribution in [1.29, 1.82) is 0 Å². The van der Waals surface area contributed by atoms with Crippen LogP contribution in [0.15, 0.2) is 53.4 Å². The number of hydrogen-bond acceptors (Lipinski definition) is 5. The molecule has 3 N–H and O–H groups in total. The summed E-state index contributed by atoms with van der Waals surface area (Å²) in [5, 5.41) is 13.9. The van der Waals surface area contributed by atoms with Crippen molar-refractivity contribution >= 4 is 29.3 Å². The summed E-state index contributed by atoms with van der Waals surface area (Å²) in [6, 6.07) is 13.7. The molecule has 25 heavy (non-hydrogen) atoms. The quantitative estimate of drug-likeness (QED) is 0.426. The number of nitrogens with one attached hydrogen (secondary N) is 1. The Morgan fingerprint density at radius 3 is 2.52 bits per heavy atom. The number of nitrogens with zero attached hydrogens (tertiary/aromatic N) is 1. The number of carbonyl (C=O) groups is 2. The molecule has 0 saturated carbocycles. The first-order valence-corrected chi connectivity index (χ1v) is 8.47. The smallest absolute Gasteiger partial charge is 0.283 e. The van der Waals surface area contributed by atoms with Gasteiger partial charge in [0.25, 0.3) is 5.69 Å². The van der Waals surface area contributed by atoms with E-state index in [1.165, 1.54) is 12.1 Å². The van der Waals surface area contributed by atoms with E-state index < -0.39 is 10.8 Å². The van der Waals surface area contributed by atoms with Crippen molar-refractivity contribution in [3.8, 4) is 0 Å². The van der Waals surface area contributed by atoms with Crippen molar-refractivity contribution in [1.82, 2.24) is 5.32 Å². The maximum absolute atomic E-state index is 11.9. The largest absolute Gasteiger partial charge is 0.366 e. The molecule has 0 atom stereocenters. The van der Waals surface area contributed by atoms with E-state index in [4.69, 9.17) is 5.73 Å². The van der Waals surface area contributed by atoms with E-state index in [0.717, 1.165) is 23.4 Å². The van der Waals surface area contributed by atoms with E-state index >= 15 is 0 Å². The lowest BCUT2D eigenvalue weighted by Gasteiger charge is -2.06. The minimum atomic E-state index is -0.738. The van der Waals surface area contributed by atoms with Crippen molar-refractivity contribution in [3.63, 3.8) is 0 Å². The number of carbonyl (C=O) groups excluding carboxylic acids is 2. The molecule has 0 spiro atoms. The van der Waals surface area contributed by atoms with Gasteiger partial charge < -0.3 is 11.1 Å². The Balaban J connectivity index is 1.88. The molecule has 7 nitrogen and oxygen atoms in total. The third-order valence-electron chi connectivity index (χ3n) is 3.38. The van der Waals surface area contributed by atoms with E-state index in [1.807, 2.05) is 30.3 Å². The van der Waals surface area contributed by atoms with Crippen LogP contribution in [0.4, 0.5) is 5.69 Å². The van der Waals surface area contributed by atoms with E-state index in [-0.39, 0.29) is 22.9 Å². The van der Waals surface area contributed by atoms with Gasteiger partial charge >= 0.3 is 0 Å². The number of benzene rings is 2. The lowest BCUT2D eigenvalue weighted by molar-refractivity contribution is -0.387. The lowest BCUT2D eigenvalue weighted by Crippen LogP contribution is -2.27. The maximum Gasteiger partial charge on any atom is 0.283 e. The molecular weight excluding hydrogens is 342 g/mol. The van der Waals surface area contributed by atoms with Crippen LogP contribution in [-0.2, 0) is 11.2 Å². The Morgan fingerprint density at radius 2 is 1.88 bits per heavy atom. The Morgan fingerprint density at radius 1 is 1.16 bits per heavy atom. The Labute approximate surface area is 148 Å². The number of rotatable bonds is 8. The molecule has 0 radical (unpaired) electrons. The highest BCUT2D eigenvalue weighted by Crippen LogP contribution is 2.29. The van der Waals surface area contributed by atoms with Crippen molar-refractivity contribution in [2.45, 2.75) is 11.3 Å². The number of thioether (sulfide) groups is 1. The van der Waals surface area contributed by atoms with Crippen molar-refractivity contribution in [2.75, 3.05) is 12.3 Å². The summed E-state index contributed by atoms with van der Waals surface area (Å²) in [5.41, 5.74) is 6.07. The van der Waals surface area contributed by atoms with E-state index in [1.54, 1.807) is 0 Å². The van der Waals surface area contributed by atoms with Crippen LogP contribution in [0.5, 0.6) is 0 Å². The summed E-state index contributed by atoms with van der Waals surface area (Å²) >= 11 is 1.04. The molecule has 2 rings (SSSR count). The molecule has 0 aliphatic rings. The SMILES string of the molecule is NC(=O)c1ccc(SCC(=O)NCCc2ccccc2)c([N+](=O)[O-])c1. The standard InChI is InChI=1S/C17H17N3O4S/c18-17(22)13-6-7-15(14(10-13)20(23)24)25-11-16(21)19-9-8-12-4-2-1-3-5-12/h1-7,10H,8-9,11H2,(H2,18,22)(H,19,21). The number of hydrogen-bond donors (Lipinski definition) is 2. The Kier molecular flexibility index (Phi) is 6.53. The Bertz CT molecular complexity index is 781. The number of primary amides is 1. The minimum Gasteiger partial charge on any atom is -0.366 e. The van der Waals surface area contributed by atoms with Crippen molar-refractivity contribution in [2.24, 2.45) is 5.73 Å². The summed E-state index contributed by atoms with van der Waals surface area (Å²) in [4.78, 5) is 33.8. The zero-order valence-electron chi connectivity index (χ0n) is 13.3. The lowest BCUT2D eigenvalue weighted by atomic mass is 10.1. The average Bonchev–Trinajstić information content (AvgIpc) is 2.60. The van der Waals surface area contributed by atoms with Crippen LogP contribution in [0.1, 0.15) is 15.9 Å². The predicted molar refractivity (Wildman–Crippen MR) is 95.5 cm³/mol. The molecule has 0 unspecified atom stereocenters. The fourth-order valence-corrected chi connectivity index (χ4v) is 2.95. The van der Waals surface area contributed by atoms with Crippen LogP contribution in [0.25, 0.3) is 0 Å². The molecule has 2 aromatic rings. The van der Waals surface area contributed by atoms with E-state index in [2.05, 4.69) is 5.32 Å². The van der Waals surface area contributed by atoms with Crippen LogP contribution in [-0.4, -0.2) is 29.0 Å². The van der Waals surface area contributed by atoms with Gasteiger partial charge in [-0.1, -0.05) is 30.3 Å². The third kappa shape index (κ3) is 5.61. The molecule has 0 aromatic heterocycles. The van der Waals surface area contributed by atoms with Gasteiger partial charge in [0.15, 0.2) is 0 Å². The monoisotopic (exact) mass is 359 g/mol. The highest BCUT2D eigenvalue weighted by atomic mass is 32.2. The first-order valence-electron chi connectivity index (χ1n) is 7.49. The van der Waals surface area contributed by atoms with Crippen LogP contribution >= 0.6 is 11.8 Å². The van der Waals surface area contributed by atoms with Gasteiger partial charge in [-0.2, -0.15) is 0 Å². The number of amides is 2. The van der Waals surface area contributed by atoms with Gasteiger partial charge in [0.05, 0.1) is 15.6 Å². The summed E-state index contributed by atoms with van der Waals surface area (Å²) in [5.74, 6) is -0.904. The molecule has 0 heterocycles. The summed E-state index contributed by atoms with van der Waals surface area (Å²) in [6.07, 6.45) is 0.713. The van der Waals surface area contributed by atoms with Gasteiger partial charge in [-0.15, -0.1) is 11.8 Å². The molecule has 2 aromatic carbocycles. The van der Waals surface area contributed by atoms with Crippen molar-refractivity contribution in [3.05, 3.63) is 69.8 Å². The second kappa shape index (κ2) is 8.84. The fraction of sp³-hybridized carbons (Fsp3) is 0.176. The van der Waals surface area contributed by atoms with Gasteiger partial charge in [0.1, 0.15) is 0 Å². The van der Waals surface area contributed by atoms with Gasteiger partial charge in [-0.05, 0) is 24.1 Å². The van der Waals surface area contributed by atoms with Crippen LogP contribution < -0.4 is 11.1 Å². The summed E-state index contributed by atoms with van der Waals surface area (Å²) < 4.78 is 0. The molecule has 2 amide bonds. The summed E-state index contributed by atoms with van der Waals surface area (Å²) in [6.45, 7) is 0.492. The molecule has 0 aliphatic heterocycles. The van der Waals surface area contributed by atoms with Crippen LogP contribution in [0, 0.1) is 10.1 Å². The van der Waals surface area contributed by atoms with Gasteiger partial charge in [-0.3, -0.25) is 19.7 Å². The highest BCUT2D eigenvalue weighted by Gasteiger charge is 2.17. The van der Waals surface area contributed by atoms with E-state index in [0.29, 0.717) is 17.9 Å². The van der Waals surface area contributed by atoms with Gasteiger partial charge in [0, 0.05) is 18.2 Å². The zero-order chi connectivity index (χ0) is 18.2. The fourth-order valence-electron chi connectivity index (χ4n) is 2.12. The zero-order valence-corrected chi connectivity index (χ0v) is 14.1. The molecular formula is C17H17N3O4S. The van der Waals surface area contributed by atoms with E-state index in [9.17, 15) is 19.7 Å². The van der Waals surface area contributed by atoms with Crippen LogP contribution in [0.2, 0.25) is 0 Å². The molecule has 0 bridgehead atoms. The normalized spacial score (nSPS) is 10.2. The van der Waals surface area contributed by atoms with Crippen LogP contribution in [0.3, 0.4) is 0 Å². The maximum atomic E-state index is 11.9. The molecule has 0 fully saturated rings. The third-order valence-corrected chi connectivity index (χ3v) is 4.44. The topological polar surface area (TPSA) is 115 Å². The molecule has 130 valence electrons. The minimum absolute atomic E-state index is 0.0472. The van der Waals surface area contributed by atoms with Gasteiger partial charge in [0.2, 0.25) is 11.8 Å². The molecule has 0 aliphatic carbocycles. The Hall–Kier alpha value is -2.87. The second-order valence-electron chi connectivity index (χ2n) is 5.18. The number of nitro benzene ring substituents is 1. The number of nitro groups is 1. The van der Waals surface area contributed by atoms with Gasteiger partial charge in [-0.25, -0.2) is 0 Å².